The number of guanidine groups is 1. The highest BCUT2D eigenvalue weighted by Crippen LogP contribution is 2.01. The van der Waals surface area contributed by atoms with Crippen LogP contribution in [0, 0.1) is 9.81 Å². The summed E-state index contributed by atoms with van der Waals surface area (Å²) in [6, 6.07) is 0. The molecule has 80 valence electrons. The molecule has 0 saturated carbocycles. The van der Waals surface area contributed by atoms with Gasteiger partial charge in [0, 0.05) is 6.54 Å². The lowest BCUT2D eigenvalue weighted by Crippen LogP contribution is -2.33. The fourth-order valence-corrected chi connectivity index (χ4v) is 0.979. The maximum atomic E-state index is 10.3. The average Bonchev–Trinajstić information content (AvgIpc) is 2.18. The van der Waals surface area contributed by atoms with Crippen molar-refractivity contribution in [2.75, 3.05) is 6.54 Å². The molecule has 0 fully saturated rings. The largest absolute Gasteiger partial charge is 0.367 e. The number of nitrogens with two attached hydrogens (primary N) is 1. The summed E-state index contributed by atoms with van der Waals surface area (Å²) in [5.74, 6) is -0.258. The average molecular weight is 201 g/mol. The number of hydrogen-bond donors (Lipinski definition) is 1. The van der Waals surface area contributed by atoms with Crippen molar-refractivity contribution in [1.29, 1.82) is 0 Å². The zero-order valence-corrected chi connectivity index (χ0v) is 8.22. The zero-order chi connectivity index (χ0) is 10.8. The number of hydrogen-bond acceptors (Lipinski definition) is 4. The Labute approximate surface area is 82.3 Å². The molecule has 0 unspecified atom stereocenters. The number of rotatable bonds is 7. The Morgan fingerprint density at radius 2 is 2.00 bits per heavy atom. The molecular formula is C7H15N5O2. The maximum absolute atomic E-state index is 10.3. The van der Waals surface area contributed by atoms with Crippen LogP contribution < -0.4 is 5.73 Å². The Morgan fingerprint density at radius 3 is 2.50 bits per heavy atom. The van der Waals surface area contributed by atoms with Crippen LogP contribution in [0.4, 0.5) is 0 Å². The minimum atomic E-state index is -0.258. The fourth-order valence-electron chi connectivity index (χ4n) is 0.979. The van der Waals surface area contributed by atoms with Gasteiger partial charge in [-0.05, 0) is 6.42 Å². The van der Waals surface area contributed by atoms with E-state index in [9.17, 15) is 9.81 Å². The van der Waals surface area contributed by atoms with Gasteiger partial charge in [0.1, 0.15) is 0 Å². The minimum Gasteiger partial charge on any atom is -0.367 e. The summed E-state index contributed by atoms with van der Waals surface area (Å²) in [5, 5.41) is 8.77. The molecule has 14 heavy (non-hydrogen) atoms. The second-order valence-corrected chi connectivity index (χ2v) is 2.81. The van der Waals surface area contributed by atoms with Crippen LogP contribution in [0.25, 0.3) is 0 Å². The van der Waals surface area contributed by atoms with E-state index in [0.29, 0.717) is 6.54 Å². The molecule has 0 aromatic heterocycles. The van der Waals surface area contributed by atoms with E-state index < -0.39 is 0 Å². The Kier molecular flexibility index (Phi) is 7.20. The molecule has 0 atom stereocenters. The SMILES string of the molecule is CCCCCCN(N=O)/C(N)=N/N=O. The molecule has 2 N–H and O–H groups in total. The van der Waals surface area contributed by atoms with Gasteiger partial charge in [-0.3, -0.25) is 0 Å². The van der Waals surface area contributed by atoms with Crippen LogP contribution in [0.3, 0.4) is 0 Å². The minimum absolute atomic E-state index is 0.258. The first-order valence-electron chi connectivity index (χ1n) is 4.52. The van der Waals surface area contributed by atoms with Crippen molar-refractivity contribution in [3.63, 3.8) is 0 Å². The van der Waals surface area contributed by atoms with Crippen LogP contribution in [-0.4, -0.2) is 17.5 Å². The molecule has 7 heteroatoms. The van der Waals surface area contributed by atoms with Gasteiger partial charge < -0.3 is 5.73 Å². The Bertz CT molecular complexity index is 206. The topological polar surface area (TPSA) is 100 Å². The van der Waals surface area contributed by atoms with E-state index in [-0.39, 0.29) is 5.96 Å². The molecule has 0 radical (unpaired) electrons. The first kappa shape index (κ1) is 12.5. The van der Waals surface area contributed by atoms with Crippen molar-refractivity contribution < 1.29 is 0 Å². The molecule has 0 bridgehead atoms. The van der Waals surface area contributed by atoms with Crippen molar-refractivity contribution in [3.8, 4) is 0 Å². The maximum Gasteiger partial charge on any atom is 0.243 e. The monoisotopic (exact) mass is 201 g/mol. The lowest BCUT2D eigenvalue weighted by molar-refractivity contribution is 0.412. The van der Waals surface area contributed by atoms with E-state index in [0.717, 1.165) is 30.7 Å². The van der Waals surface area contributed by atoms with Gasteiger partial charge in [0.2, 0.25) is 5.96 Å². The third-order valence-corrected chi connectivity index (χ3v) is 1.73. The first-order valence-corrected chi connectivity index (χ1v) is 4.52. The van der Waals surface area contributed by atoms with Crippen molar-refractivity contribution in [2.45, 2.75) is 32.6 Å². The van der Waals surface area contributed by atoms with E-state index in [1.807, 2.05) is 0 Å². The lowest BCUT2D eigenvalue weighted by atomic mass is 10.2. The van der Waals surface area contributed by atoms with Gasteiger partial charge >= 0.3 is 0 Å². The van der Waals surface area contributed by atoms with Gasteiger partial charge in [-0.1, -0.05) is 31.3 Å². The van der Waals surface area contributed by atoms with Gasteiger partial charge in [0.15, 0.2) is 0 Å². The van der Waals surface area contributed by atoms with Crippen LogP contribution in [0.15, 0.2) is 15.7 Å². The molecule has 0 heterocycles. The van der Waals surface area contributed by atoms with Gasteiger partial charge in [-0.25, -0.2) is 0 Å². The molecule has 0 saturated heterocycles. The zero-order valence-electron chi connectivity index (χ0n) is 8.22. The lowest BCUT2D eigenvalue weighted by Gasteiger charge is -2.11. The summed E-state index contributed by atoms with van der Waals surface area (Å²) in [5.41, 5.74) is 5.24. The molecule has 0 aliphatic carbocycles. The van der Waals surface area contributed by atoms with Crippen molar-refractivity contribution >= 4 is 5.96 Å². The number of nitroso groups, excluding NO2 is 2. The number of unbranched alkanes of at least 4 members (excludes halogenated alkanes) is 3. The molecule has 0 amide bonds. The smallest absolute Gasteiger partial charge is 0.243 e. The van der Waals surface area contributed by atoms with Gasteiger partial charge in [0.25, 0.3) is 0 Å². The third-order valence-electron chi connectivity index (χ3n) is 1.73. The standard InChI is InChI=1S/C7H15N5O2/c1-2-3-4-5-6-12(11-14)7(8)9-10-13/h2-6H2,1H3,(H2,8,9,13). The normalized spacial score (nSPS) is 11.1. The van der Waals surface area contributed by atoms with Crippen LogP contribution in [0.1, 0.15) is 32.6 Å². The summed E-state index contributed by atoms with van der Waals surface area (Å²) < 4.78 is 0. The number of nitrogens with zero attached hydrogens (tertiary/aromatic N) is 4. The van der Waals surface area contributed by atoms with Crippen LogP contribution in [0.2, 0.25) is 0 Å². The Morgan fingerprint density at radius 1 is 1.29 bits per heavy atom. The molecule has 7 nitrogen and oxygen atoms in total. The summed E-state index contributed by atoms with van der Waals surface area (Å²) >= 11 is 0. The molecule has 0 aliphatic rings. The van der Waals surface area contributed by atoms with E-state index >= 15 is 0 Å². The molecule has 0 aromatic carbocycles. The van der Waals surface area contributed by atoms with E-state index in [1.54, 1.807) is 0 Å². The van der Waals surface area contributed by atoms with E-state index in [2.05, 4.69) is 22.6 Å². The van der Waals surface area contributed by atoms with Gasteiger partial charge in [0.05, 0.1) is 10.6 Å². The van der Waals surface area contributed by atoms with E-state index in [4.69, 9.17) is 5.73 Å². The third kappa shape index (κ3) is 5.18. The predicted octanol–water partition coefficient (Wildman–Crippen LogP) is 1.55. The molecule has 0 spiro atoms. The highest BCUT2D eigenvalue weighted by molar-refractivity contribution is 5.77. The summed E-state index contributed by atoms with van der Waals surface area (Å²) in [6.07, 6.45) is 3.97. The Hall–Kier alpha value is -1.53. The summed E-state index contributed by atoms with van der Waals surface area (Å²) in [7, 11) is 0. The first-order chi connectivity index (χ1) is 6.76. The molecule has 0 aliphatic heterocycles. The fraction of sp³-hybridized carbons (Fsp3) is 0.857. The summed E-state index contributed by atoms with van der Waals surface area (Å²) in [4.78, 5) is 20.0. The van der Waals surface area contributed by atoms with Crippen molar-refractivity contribution in [1.82, 2.24) is 5.01 Å². The van der Waals surface area contributed by atoms with Gasteiger partial charge in [-0.15, -0.1) is 9.81 Å². The second kappa shape index (κ2) is 8.09. The van der Waals surface area contributed by atoms with Crippen LogP contribution in [0.5, 0.6) is 0 Å². The predicted molar refractivity (Wildman–Crippen MR) is 54.1 cm³/mol. The second-order valence-electron chi connectivity index (χ2n) is 2.81. The van der Waals surface area contributed by atoms with Crippen molar-refractivity contribution in [3.05, 3.63) is 9.81 Å². The van der Waals surface area contributed by atoms with Crippen LogP contribution >= 0.6 is 0 Å². The molecular weight excluding hydrogens is 186 g/mol. The van der Waals surface area contributed by atoms with E-state index in [1.165, 1.54) is 0 Å². The highest BCUT2D eigenvalue weighted by Gasteiger charge is 2.07. The van der Waals surface area contributed by atoms with Gasteiger partial charge in [-0.2, -0.15) is 5.01 Å². The summed E-state index contributed by atoms with van der Waals surface area (Å²) in [6.45, 7) is 2.45. The molecule has 0 rings (SSSR count). The quantitative estimate of drug-likeness (QED) is 0.222. The Balaban J connectivity index is 3.84. The van der Waals surface area contributed by atoms with Crippen LogP contribution in [-0.2, 0) is 0 Å². The highest BCUT2D eigenvalue weighted by atomic mass is 16.3. The molecule has 0 aromatic rings. The van der Waals surface area contributed by atoms with Crippen molar-refractivity contribution in [2.24, 2.45) is 21.4 Å².